The lowest BCUT2D eigenvalue weighted by atomic mass is 10.1. The van der Waals surface area contributed by atoms with Crippen LogP contribution in [0.1, 0.15) is 11.1 Å². The van der Waals surface area contributed by atoms with Crippen molar-refractivity contribution in [2.24, 2.45) is 0 Å². The molecule has 4 aromatic carbocycles. The maximum absolute atomic E-state index is 13.1. The molecule has 4 aromatic rings. The number of fused-ring (bicyclic) bond motifs is 1. The van der Waals surface area contributed by atoms with Gasteiger partial charge in [-0.1, -0.05) is 42.5 Å². The molecule has 10 heteroatoms. The van der Waals surface area contributed by atoms with Gasteiger partial charge in [0.1, 0.15) is 24.7 Å². The zero-order valence-electron chi connectivity index (χ0n) is 20.1. The summed E-state index contributed by atoms with van der Waals surface area (Å²) in [5, 5.41) is 4.25. The third-order valence-corrected chi connectivity index (χ3v) is 7.96. The van der Waals surface area contributed by atoms with Crippen molar-refractivity contribution >= 4 is 83.2 Å². The van der Waals surface area contributed by atoms with Gasteiger partial charge in [-0.2, -0.15) is 0 Å². The molecule has 1 heterocycles. The van der Waals surface area contributed by atoms with Crippen LogP contribution in [0.4, 0.5) is 14.9 Å². The van der Waals surface area contributed by atoms with Crippen LogP contribution in [0.15, 0.2) is 92.7 Å². The lowest BCUT2D eigenvalue weighted by molar-refractivity contribution is -0.127. The summed E-state index contributed by atoms with van der Waals surface area (Å²) in [6.07, 6.45) is 1.59. The average Bonchev–Trinajstić information content (AvgIpc) is 3.16. The third-order valence-electron chi connectivity index (χ3n) is 5.87. The summed E-state index contributed by atoms with van der Waals surface area (Å²) in [5.74, 6) is -0.969. The van der Waals surface area contributed by atoms with E-state index in [0.717, 1.165) is 33.0 Å². The van der Waals surface area contributed by atoms with E-state index in [4.69, 9.17) is 4.74 Å². The number of carbonyl (C=O) groups is 3. The highest BCUT2D eigenvalue weighted by atomic mass is 79.9. The highest BCUT2D eigenvalue weighted by Gasteiger charge is 2.36. The van der Waals surface area contributed by atoms with Crippen LogP contribution in [0.2, 0.25) is 0 Å². The number of nitrogens with zero attached hydrogens (tertiary/aromatic N) is 1. The number of benzene rings is 4. The lowest BCUT2D eigenvalue weighted by Gasteiger charge is -2.13. The number of halogens is 3. The zero-order valence-corrected chi connectivity index (χ0v) is 24.1. The number of carbonyl (C=O) groups excluding carboxylic acids is 3. The molecule has 1 aliphatic heterocycles. The van der Waals surface area contributed by atoms with Crippen LogP contribution in [0.25, 0.3) is 16.8 Å². The summed E-state index contributed by atoms with van der Waals surface area (Å²) >= 11 is 7.86. The SMILES string of the molecule is O=C(CN1C(=O)S/C(=C\c2cc(Br)c(OCc3cccc4ccccc34)c(Br)c2)C1=O)Nc1ccc(F)cc1. The summed E-state index contributed by atoms with van der Waals surface area (Å²) < 4.78 is 20.5. The Bertz CT molecular complexity index is 1610. The minimum atomic E-state index is -0.567. The number of hydrogen-bond acceptors (Lipinski definition) is 5. The molecular formula is C29H19Br2FN2O4S. The minimum absolute atomic E-state index is 0.192. The summed E-state index contributed by atoms with van der Waals surface area (Å²) in [6, 6.07) is 22.9. The molecule has 0 aromatic heterocycles. The number of anilines is 1. The van der Waals surface area contributed by atoms with Gasteiger partial charge in [-0.25, -0.2) is 4.39 Å². The molecule has 1 fully saturated rings. The molecule has 1 aliphatic rings. The van der Waals surface area contributed by atoms with Gasteiger partial charge in [0.15, 0.2) is 0 Å². The van der Waals surface area contributed by atoms with Crippen LogP contribution in [0, 0.1) is 5.82 Å². The standard InChI is InChI=1S/C29H19Br2FN2O4S/c30-23-12-17(13-24(31)27(23)38-16-19-6-3-5-18-4-1-2-7-22(18)19)14-25-28(36)34(29(37)39-25)15-26(35)33-21-10-8-20(32)9-11-21/h1-14H,15-16H2,(H,33,35)/b25-14-. The predicted octanol–water partition coefficient (Wildman–Crippen LogP) is 7.76. The molecule has 0 spiro atoms. The number of hydrogen-bond donors (Lipinski definition) is 1. The molecule has 0 aliphatic carbocycles. The molecule has 0 radical (unpaired) electrons. The highest BCUT2D eigenvalue weighted by Crippen LogP contribution is 2.38. The largest absolute Gasteiger partial charge is 0.487 e. The van der Waals surface area contributed by atoms with Crippen molar-refractivity contribution in [3.63, 3.8) is 0 Å². The number of rotatable bonds is 7. The average molecular weight is 670 g/mol. The second kappa shape index (κ2) is 11.7. The van der Waals surface area contributed by atoms with Crippen molar-refractivity contribution < 1.29 is 23.5 Å². The smallest absolute Gasteiger partial charge is 0.294 e. The van der Waals surface area contributed by atoms with Crippen LogP contribution in [-0.4, -0.2) is 28.5 Å². The Balaban J connectivity index is 1.27. The van der Waals surface area contributed by atoms with E-state index in [2.05, 4.69) is 55.4 Å². The third kappa shape index (κ3) is 6.24. The van der Waals surface area contributed by atoms with E-state index in [0.29, 0.717) is 32.6 Å². The van der Waals surface area contributed by atoms with Crippen LogP contribution < -0.4 is 10.1 Å². The zero-order chi connectivity index (χ0) is 27.5. The second-order valence-electron chi connectivity index (χ2n) is 8.56. The monoisotopic (exact) mass is 668 g/mol. The van der Waals surface area contributed by atoms with Gasteiger partial charge in [0.05, 0.1) is 13.9 Å². The van der Waals surface area contributed by atoms with Crippen molar-refractivity contribution in [1.29, 1.82) is 0 Å². The Kier molecular flexibility index (Phi) is 8.15. The van der Waals surface area contributed by atoms with Crippen molar-refractivity contribution in [2.75, 3.05) is 11.9 Å². The Morgan fingerprint density at radius 2 is 1.67 bits per heavy atom. The van der Waals surface area contributed by atoms with Crippen molar-refractivity contribution in [3.8, 4) is 5.75 Å². The number of ether oxygens (including phenoxy) is 1. The molecule has 0 unspecified atom stereocenters. The fourth-order valence-electron chi connectivity index (χ4n) is 4.03. The molecule has 0 saturated carbocycles. The molecule has 0 bridgehead atoms. The van der Waals surface area contributed by atoms with E-state index in [9.17, 15) is 18.8 Å². The molecule has 196 valence electrons. The normalized spacial score (nSPS) is 14.3. The van der Waals surface area contributed by atoms with Crippen LogP contribution in [0.5, 0.6) is 5.75 Å². The Morgan fingerprint density at radius 3 is 2.41 bits per heavy atom. The highest BCUT2D eigenvalue weighted by molar-refractivity contribution is 9.11. The van der Waals surface area contributed by atoms with E-state index in [1.165, 1.54) is 24.3 Å². The topological polar surface area (TPSA) is 75.7 Å². The number of imide groups is 1. The Hall–Kier alpha value is -3.47. The molecule has 39 heavy (non-hydrogen) atoms. The maximum Gasteiger partial charge on any atom is 0.294 e. The summed E-state index contributed by atoms with van der Waals surface area (Å²) in [5.41, 5.74) is 2.07. The minimum Gasteiger partial charge on any atom is -0.487 e. The van der Waals surface area contributed by atoms with Gasteiger partial charge in [-0.15, -0.1) is 0 Å². The number of nitrogens with one attached hydrogen (secondary N) is 1. The first-order valence-electron chi connectivity index (χ1n) is 11.7. The summed E-state index contributed by atoms with van der Waals surface area (Å²) in [4.78, 5) is 38.8. The Morgan fingerprint density at radius 1 is 0.974 bits per heavy atom. The van der Waals surface area contributed by atoms with Crippen LogP contribution in [-0.2, 0) is 16.2 Å². The van der Waals surface area contributed by atoms with Gasteiger partial charge in [0.25, 0.3) is 11.1 Å². The van der Waals surface area contributed by atoms with E-state index >= 15 is 0 Å². The molecular weight excluding hydrogens is 651 g/mol. The molecule has 1 N–H and O–H groups in total. The molecule has 1 saturated heterocycles. The van der Waals surface area contributed by atoms with E-state index in [1.807, 2.05) is 24.3 Å². The molecule has 3 amide bonds. The second-order valence-corrected chi connectivity index (χ2v) is 11.3. The fourth-order valence-corrected chi connectivity index (χ4v) is 6.32. The molecule has 5 rings (SSSR count). The number of thioether (sulfide) groups is 1. The van der Waals surface area contributed by atoms with Gasteiger partial charge in [-0.05, 0) is 108 Å². The first kappa shape index (κ1) is 27.1. The van der Waals surface area contributed by atoms with Crippen molar-refractivity contribution in [3.05, 3.63) is 110 Å². The fraction of sp³-hybridized carbons (Fsp3) is 0.0690. The molecule has 0 atom stereocenters. The van der Waals surface area contributed by atoms with Gasteiger partial charge in [0, 0.05) is 5.69 Å². The lowest BCUT2D eigenvalue weighted by Crippen LogP contribution is -2.36. The molecule has 6 nitrogen and oxygen atoms in total. The number of amides is 3. The predicted molar refractivity (Wildman–Crippen MR) is 158 cm³/mol. The van der Waals surface area contributed by atoms with E-state index < -0.39 is 29.4 Å². The van der Waals surface area contributed by atoms with Crippen molar-refractivity contribution in [2.45, 2.75) is 6.61 Å². The van der Waals surface area contributed by atoms with Crippen LogP contribution >= 0.6 is 43.6 Å². The van der Waals surface area contributed by atoms with E-state index in [-0.39, 0.29) is 4.91 Å². The quantitative estimate of drug-likeness (QED) is 0.204. The van der Waals surface area contributed by atoms with Gasteiger partial charge < -0.3 is 10.1 Å². The summed E-state index contributed by atoms with van der Waals surface area (Å²) in [7, 11) is 0. The van der Waals surface area contributed by atoms with Gasteiger partial charge >= 0.3 is 0 Å². The van der Waals surface area contributed by atoms with Gasteiger partial charge in [0.2, 0.25) is 5.91 Å². The van der Waals surface area contributed by atoms with E-state index in [1.54, 1.807) is 18.2 Å². The first-order chi connectivity index (χ1) is 18.8. The summed E-state index contributed by atoms with van der Waals surface area (Å²) in [6.45, 7) is -0.0928. The van der Waals surface area contributed by atoms with Crippen LogP contribution in [0.3, 0.4) is 0 Å². The van der Waals surface area contributed by atoms with Crippen molar-refractivity contribution in [1.82, 2.24) is 4.90 Å². The maximum atomic E-state index is 13.1. The van der Waals surface area contributed by atoms with Gasteiger partial charge in [-0.3, -0.25) is 19.3 Å². The Labute approximate surface area is 244 Å². The first-order valence-corrected chi connectivity index (χ1v) is 14.1.